The SMILES string of the molecule is CC1CC(C)(C)CCC1NC1CCCc2ccccc21. The van der Waals surface area contributed by atoms with Crippen LogP contribution in [0.5, 0.6) is 0 Å². The third-order valence-electron chi connectivity index (χ3n) is 5.48. The lowest BCUT2D eigenvalue weighted by molar-refractivity contribution is 0.139. The van der Waals surface area contributed by atoms with Gasteiger partial charge in [0.05, 0.1) is 0 Å². The van der Waals surface area contributed by atoms with Gasteiger partial charge in [0, 0.05) is 12.1 Å². The molecule has 1 N–H and O–H groups in total. The standard InChI is InChI=1S/C19H29N/c1-14-13-19(2,3)12-11-17(14)20-18-10-6-8-15-7-4-5-9-16(15)18/h4-5,7,9,14,17-18,20H,6,8,10-13H2,1-3H3. The topological polar surface area (TPSA) is 12.0 Å². The second-order valence-electron chi connectivity index (χ2n) is 7.80. The summed E-state index contributed by atoms with van der Waals surface area (Å²) < 4.78 is 0. The van der Waals surface area contributed by atoms with Gasteiger partial charge in [-0.2, -0.15) is 0 Å². The first-order valence-corrected chi connectivity index (χ1v) is 8.39. The highest BCUT2D eigenvalue weighted by atomic mass is 15.0. The van der Waals surface area contributed by atoms with Crippen molar-refractivity contribution in [2.24, 2.45) is 11.3 Å². The van der Waals surface area contributed by atoms with Crippen LogP contribution < -0.4 is 5.32 Å². The zero-order chi connectivity index (χ0) is 14.2. The lowest BCUT2D eigenvalue weighted by Gasteiger charge is -2.42. The van der Waals surface area contributed by atoms with Crippen LogP contribution in [0.15, 0.2) is 24.3 Å². The third kappa shape index (κ3) is 2.93. The minimum Gasteiger partial charge on any atom is -0.307 e. The molecule has 1 nitrogen and oxygen atoms in total. The van der Waals surface area contributed by atoms with Gasteiger partial charge in [-0.3, -0.25) is 0 Å². The van der Waals surface area contributed by atoms with E-state index in [0.717, 1.165) is 5.92 Å². The Balaban J connectivity index is 1.70. The van der Waals surface area contributed by atoms with Crippen LogP contribution in [-0.2, 0) is 6.42 Å². The van der Waals surface area contributed by atoms with Crippen LogP contribution >= 0.6 is 0 Å². The maximum absolute atomic E-state index is 4.00. The number of hydrogen-bond donors (Lipinski definition) is 1. The lowest BCUT2D eigenvalue weighted by Crippen LogP contribution is -2.43. The highest BCUT2D eigenvalue weighted by Crippen LogP contribution is 2.40. The van der Waals surface area contributed by atoms with Crippen molar-refractivity contribution in [1.29, 1.82) is 0 Å². The highest BCUT2D eigenvalue weighted by molar-refractivity contribution is 5.32. The fraction of sp³-hybridized carbons (Fsp3) is 0.684. The molecule has 0 bridgehead atoms. The van der Waals surface area contributed by atoms with E-state index in [1.54, 1.807) is 11.1 Å². The second kappa shape index (κ2) is 5.52. The van der Waals surface area contributed by atoms with E-state index in [2.05, 4.69) is 50.4 Å². The summed E-state index contributed by atoms with van der Waals surface area (Å²) in [5.41, 5.74) is 3.68. The first kappa shape index (κ1) is 14.1. The number of benzene rings is 1. The van der Waals surface area contributed by atoms with E-state index in [1.807, 2.05) is 0 Å². The fourth-order valence-electron chi connectivity index (χ4n) is 4.38. The van der Waals surface area contributed by atoms with Crippen molar-refractivity contribution in [1.82, 2.24) is 5.32 Å². The average molecular weight is 271 g/mol. The monoisotopic (exact) mass is 271 g/mol. The van der Waals surface area contributed by atoms with Gasteiger partial charge in [-0.05, 0) is 61.0 Å². The van der Waals surface area contributed by atoms with Crippen LogP contribution in [0.3, 0.4) is 0 Å². The maximum Gasteiger partial charge on any atom is 0.0325 e. The summed E-state index contributed by atoms with van der Waals surface area (Å²) in [6.45, 7) is 7.29. The van der Waals surface area contributed by atoms with E-state index in [4.69, 9.17) is 0 Å². The Morgan fingerprint density at radius 3 is 2.75 bits per heavy atom. The number of hydrogen-bond acceptors (Lipinski definition) is 1. The van der Waals surface area contributed by atoms with Crippen molar-refractivity contribution in [3.63, 3.8) is 0 Å². The Bertz CT molecular complexity index is 463. The maximum atomic E-state index is 4.00. The molecule has 110 valence electrons. The van der Waals surface area contributed by atoms with Gasteiger partial charge in [-0.1, -0.05) is 45.0 Å². The van der Waals surface area contributed by atoms with Crippen LogP contribution in [0.1, 0.15) is 70.0 Å². The van der Waals surface area contributed by atoms with Crippen LogP contribution in [0.25, 0.3) is 0 Å². The van der Waals surface area contributed by atoms with Crippen molar-refractivity contribution >= 4 is 0 Å². The first-order chi connectivity index (χ1) is 9.55. The van der Waals surface area contributed by atoms with Crippen LogP contribution in [0.4, 0.5) is 0 Å². The van der Waals surface area contributed by atoms with Gasteiger partial charge in [0.15, 0.2) is 0 Å². The van der Waals surface area contributed by atoms with Gasteiger partial charge in [-0.15, -0.1) is 0 Å². The fourth-order valence-corrected chi connectivity index (χ4v) is 4.38. The Labute approximate surface area is 124 Å². The molecule has 1 heteroatoms. The molecule has 1 aromatic rings. The predicted octanol–water partition coefficient (Wildman–Crippen LogP) is 4.87. The van der Waals surface area contributed by atoms with Gasteiger partial charge in [0.1, 0.15) is 0 Å². The molecule has 3 unspecified atom stereocenters. The van der Waals surface area contributed by atoms with Crippen LogP contribution in [-0.4, -0.2) is 6.04 Å². The summed E-state index contributed by atoms with van der Waals surface area (Å²) in [5.74, 6) is 0.799. The van der Waals surface area contributed by atoms with E-state index in [0.29, 0.717) is 17.5 Å². The molecule has 1 fully saturated rings. The molecule has 0 amide bonds. The van der Waals surface area contributed by atoms with Crippen molar-refractivity contribution in [2.45, 2.75) is 71.4 Å². The summed E-state index contributed by atoms with van der Waals surface area (Å²) in [4.78, 5) is 0. The molecule has 0 spiro atoms. The molecule has 2 aliphatic rings. The van der Waals surface area contributed by atoms with Crippen molar-refractivity contribution < 1.29 is 0 Å². The number of rotatable bonds is 2. The molecule has 0 radical (unpaired) electrons. The Morgan fingerprint density at radius 1 is 1.15 bits per heavy atom. The van der Waals surface area contributed by atoms with Gasteiger partial charge in [-0.25, -0.2) is 0 Å². The molecule has 1 saturated carbocycles. The quantitative estimate of drug-likeness (QED) is 0.809. The molecule has 0 heterocycles. The molecule has 0 saturated heterocycles. The van der Waals surface area contributed by atoms with Gasteiger partial charge >= 0.3 is 0 Å². The Kier molecular flexibility index (Phi) is 3.90. The second-order valence-corrected chi connectivity index (χ2v) is 7.80. The molecule has 3 rings (SSSR count). The van der Waals surface area contributed by atoms with Gasteiger partial charge in [0.2, 0.25) is 0 Å². The number of aryl methyl sites for hydroxylation is 1. The van der Waals surface area contributed by atoms with Crippen molar-refractivity contribution in [3.8, 4) is 0 Å². The number of fused-ring (bicyclic) bond motifs is 1. The molecule has 3 atom stereocenters. The molecular weight excluding hydrogens is 242 g/mol. The summed E-state index contributed by atoms with van der Waals surface area (Å²) in [6.07, 6.45) is 7.97. The first-order valence-electron chi connectivity index (χ1n) is 8.39. The molecule has 2 aliphatic carbocycles. The smallest absolute Gasteiger partial charge is 0.0325 e. The minimum absolute atomic E-state index is 0.544. The largest absolute Gasteiger partial charge is 0.307 e. The van der Waals surface area contributed by atoms with Crippen LogP contribution in [0, 0.1) is 11.3 Å². The summed E-state index contributed by atoms with van der Waals surface area (Å²) in [7, 11) is 0. The number of nitrogens with one attached hydrogen (secondary N) is 1. The minimum atomic E-state index is 0.544. The lowest BCUT2D eigenvalue weighted by atomic mass is 9.70. The normalized spacial score (nSPS) is 32.6. The molecular formula is C19H29N. The summed E-state index contributed by atoms with van der Waals surface area (Å²) in [5, 5.41) is 4.00. The summed E-state index contributed by atoms with van der Waals surface area (Å²) >= 11 is 0. The Hall–Kier alpha value is -0.820. The van der Waals surface area contributed by atoms with E-state index in [-0.39, 0.29) is 0 Å². The highest BCUT2D eigenvalue weighted by Gasteiger charge is 2.34. The predicted molar refractivity (Wildman–Crippen MR) is 85.8 cm³/mol. The molecule has 20 heavy (non-hydrogen) atoms. The van der Waals surface area contributed by atoms with E-state index < -0.39 is 0 Å². The van der Waals surface area contributed by atoms with Crippen molar-refractivity contribution in [3.05, 3.63) is 35.4 Å². The average Bonchev–Trinajstić information content (AvgIpc) is 2.42. The van der Waals surface area contributed by atoms with E-state index in [9.17, 15) is 0 Å². The molecule has 0 aliphatic heterocycles. The third-order valence-corrected chi connectivity index (χ3v) is 5.48. The summed E-state index contributed by atoms with van der Waals surface area (Å²) in [6, 6.07) is 10.3. The van der Waals surface area contributed by atoms with E-state index in [1.165, 1.54) is 38.5 Å². The zero-order valence-corrected chi connectivity index (χ0v) is 13.3. The Morgan fingerprint density at radius 2 is 1.95 bits per heavy atom. The van der Waals surface area contributed by atoms with Crippen molar-refractivity contribution in [2.75, 3.05) is 0 Å². The van der Waals surface area contributed by atoms with E-state index >= 15 is 0 Å². The van der Waals surface area contributed by atoms with Gasteiger partial charge in [0.25, 0.3) is 0 Å². The molecule has 0 aromatic heterocycles. The molecule has 1 aromatic carbocycles. The zero-order valence-electron chi connectivity index (χ0n) is 13.3. The van der Waals surface area contributed by atoms with Crippen LogP contribution in [0.2, 0.25) is 0 Å². The van der Waals surface area contributed by atoms with Gasteiger partial charge < -0.3 is 5.32 Å².